The summed E-state index contributed by atoms with van der Waals surface area (Å²) in [6.45, 7) is 0.696. The Hall–Kier alpha value is -3.12. The van der Waals surface area contributed by atoms with Crippen molar-refractivity contribution in [3.05, 3.63) is 54.1 Å². The predicted octanol–water partition coefficient (Wildman–Crippen LogP) is 5.16. The van der Waals surface area contributed by atoms with Gasteiger partial charge in [0.1, 0.15) is 0 Å². The number of rotatable bonds is 7. The number of benzene rings is 2. The molecule has 0 saturated carbocycles. The lowest BCUT2D eigenvalue weighted by molar-refractivity contribution is -0.137. The van der Waals surface area contributed by atoms with Crippen LogP contribution in [-0.4, -0.2) is 34.3 Å². The Bertz CT molecular complexity index is 1150. The number of para-hydroxylation sites is 1. The van der Waals surface area contributed by atoms with Crippen LogP contribution >= 0.6 is 23.1 Å². The minimum absolute atomic E-state index is 0.0557. The van der Waals surface area contributed by atoms with E-state index < -0.39 is 11.7 Å². The summed E-state index contributed by atoms with van der Waals surface area (Å²) < 4.78 is 39.8. The third-order valence-electron chi connectivity index (χ3n) is 4.74. The van der Waals surface area contributed by atoms with Gasteiger partial charge in [-0.1, -0.05) is 35.2 Å². The SMILES string of the molecule is O=C(CSc1nnc(Nc2ccccc2C(F)(F)F)s1)Nc1ccc(N2CCCC2=O)cc1. The topological polar surface area (TPSA) is 87.2 Å². The maximum Gasteiger partial charge on any atom is 0.418 e. The molecule has 1 aliphatic heterocycles. The van der Waals surface area contributed by atoms with Gasteiger partial charge in [-0.15, -0.1) is 10.2 Å². The van der Waals surface area contributed by atoms with Gasteiger partial charge in [-0.3, -0.25) is 9.59 Å². The maximum atomic E-state index is 13.1. The van der Waals surface area contributed by atoms with Gasteiger partial charge in [0, 0.05) is 24.3 Å². The molecule has 2 amide bonds. The summed E-state index contributed by atoms with van der Waals surface area (Å²) in [5.41, 5.74) is 0.480. The molecule has 2 N–H and O–H groups in total. The average molecular weight is 494 g/mol. The van der Waals surface area contributed by atoms with Crippen LogP contribution in [0.4, 0.5) is 35.4 Å². The Kier molecular flexibility index (Phi) is 6.84. The average Bonchev–Trinajstić information content (AvgIpc) is 3.41. The molecule has 2 heterocycles. The number of carbonyl (C=O) groups is 2. The summed E-state index contributed by atoms with van der Waals surface area (Å²) in [6, 6.07) is 12.1. The van der Waals surface area contributed by atoms with Crippen molar-refractivity contribution in [2.24, 2.45) is 0 Å². The molecule has 4 rings (SSSR count). The van der Waals surface area contributed by atoms with Gasteiger partial charge in [0.2, 0.25) is 16.9 Å². The molecule has 7 nitrogen and oxygen atoms in total. The Labute approximate surface area is 195 Å². The number of anilines is 4. The van der Waals surface area contributed by atoms with Gasteiger partial charge in [-0.25, -0.2) is 0 Å². The first kappa shape index (κ1) is 23.1. The van der Waals surface area contributed by atoms with E-state index in [1.165, 1.54) is 18.2 Å². The van der Waals surface area contributed by atoms with E-state index in [0.717, 1.165) is 41.3 Å². The Morgan fingerprint density at radius 3 is 2.58 bits per heavy atom. The van der Waals surface area contributed by atoms with Crippen LogP contribution in [0.3, 0.4) is 0 Å². The summed E-state index contributed by atoms with van der Waals surface area (Å²) in [7, 11) is 0. The third-order valence-corrected chi connectivity index (χ3v) is 6.72. The predicted molar refractivity (Wildman–Crippen MR) is 122 cm³/mol. The fraction of sp³-hybridized carbons (Fsp3) is 0.238. The second-order valence-electron chi connectivity index (χ2n) is 7.07. The molecular formula is C21H18F3N5O2S2. The Morgan fingerprint density at radius 2 is 1.88 bits per heavy atom. The quantitative estimate of drug-likeness (QED) is 0.442. The van der Waals surface area contributed by atoms with Gasteiger partial charge < -0.3 is 15.5 Å². The van der Waals surface area contributed by atoms with E-state index in [-0.39, 0.29) is 28.4 Å². The van der Waals surface area contributed by atoms with Crippen molar-refractivity contribution < 1.29 is 22.8 Å². The van der Waals surface area contributed by atoms with E-state index in [2.05, 4.69) is 20.8 Å². The highest BCUT2D eigenvalue weighted by Gasteiger charge is 2.33. The third kappa shape index (κ3) is 5.82. The molecule has 12 heteroatoms. The summed E-state index contributed by atoms with van der Waals surface area (Å²) in [4.78, 5) is 25.8. The van der Waals surface area contributed by atoms with Gasteiger partial charge in [-0.2, -0.15) is 13.2 Å². The molecule has 0 unspecified atom stereocenters. The smallest absolute Gasteiger partial charge is 0.330 e. The zero-order valence-electron chi connectivity index (χ0n) is 17.1. The number of nitrogens with one attached hydrogen (secondary N) is 2. The lowest BCUT2D eigenvalue weighted by Gasteiger charge is -2.16. The molecule has 1 saturated heterocycles. The summed E-state index contributed by atoms with van der Waals surface area (Å²) in [5.74, 6) is -0.117. The molecule has 0 spiro atoms. The van der Waals surface area contributed by atoms with Gasteiger partial charge >= 0.3 is 6.18 Å². The fourth-order valence-corrected chi connectivity index (χ4v) is 4.81. The lowest BCUT2D eigenvalue weighted by Crippen LogP contribution is -2.23. The van der Waals surface area contributed by atoms with Gasteiger partial charge in [0.15, 0.2) is 4.34 Å². The van der Waals surface area contributed by atoms with Gasteiger partial charge in [0.05, 0.1) is 17.0 Å². The van der Waals surface area contributed by atoms with Crippen LogP contribution in [0.1, 0.15) is 18.4 Å². The van der Waals surface area contributed by atoms with E-state index in [4.69, 9.17) is 0 Å². The summed E-state index contributed by atoms with van der Waals surface area (Å²) >= 11 is 2.19. The first-order valence-electron chi connectivity index (χ1n) is 9.89. The molecule has 1 aliphatic rings. The fourth-order valence-electron chi connectivity index (χ4n) is 3.24. The molecule has 172 valence electrons. The van der Waals surface area contributed by atoms with Crippen molar-refractivity contribution in [3.8, 4) is 0 Å². The molecule has 0 radical (unpaired) electrons. The van der Waals surface area contributed by atoms with Gasteiger partial charge in [0.25, 0.3) is 0 Å². The minimum Gasteiger partial charge on any atom is -0.330 e. The summed E-state index contributed by atoms with van der Waals surface area (Å²) in [6.07, 6.45) is -3.11. The zero-order chi connectivity index (χ0) is 23.4. The number of thioether (sulfide) groups is 1. The number of aromatic nitrogens is 2. The van der Waals surface area contributed by atoms with Crippen LogP contribution in [-0.2, 0) is 15.8 Å². The van der Waals surface area contributed by atoms with Crippen LogP contribution < -0.4 is 15.5 Å². The van der Waals surface area contributed by atoms with E-state index in [1.807, 2.05) is 0 Å². The van der Waals surface area contributed by atoms with Crippen LogP contribution in [0.25, 0.3) is 0 Å². The second kappa shape index (κ2) is 9.79. The molecular weight excluding hydrogens is 475 g/mol. The van der Waals surface area contributed by atoms with Crippen LogP contribution in [0.15, 0.2) is 52.9 Å². The largest absolute Gasteiger partial charge is 0.418 e. The van der Waals surface area contributed by atoms with E-state index in [1.54, 1.807) is 29.2 Å². The number of hydrogen-bond donors (Lipinski definition) is 2. The van der Waals surface area contributed by atoms with Gasteiger partial charge in [-0.05, 0) is 42.8 Å². The minimum atomic E-state index is -4.49. The maximum absolute atomic E-state index is 13.1. The van der Waals surface area contributed by atoms with Crippen molar-refractivity contribution in [2.45, 2.75) is 23.4 Å². The van der Waals surface area contributed by atoms with Crippen molar-refractivity contribution in [3.63, 3.8) is 0 Å². The normalized spacial score (nSPS) is 13.9. The Morgan fingerprint density at radius 1 is 1.12 bits per heavy atom. The molecule has 33 heavy (non-hydrogen) atoms. The van der Waals surface area contributed by atoms with Crippen molar-refractivity contribution >= 4 is 57.1 Å². The van der Waals surface area contributed by atoms with Crippen LogP contribution in [0.2, 0.25) is 0 Å². The zero-order valence-corrected chi connectivity index (χ0v) is 18.7. The number of alkyl halides is 3. The monoisotopic (exact) mass is 493 g/mol. The first-order valence-corrected chi connectivity index (χ1v) is 11.7. The van der Waals surface area contributed by atoms with Crippen molar-refractivity contribution in [1.29, 1.82) is 0 Å². The van der Waals surface area contributed by atoms with E-state index in [9.17, 15) is 22.8 Å². The molecule has 1 fully saturated rings. The molecule has 3 aromatic rings. The van der Waals surface area contributed by atoms with Crippen LogP contribution in [0, 0.1) is 0 Å². The lowest BCUT2D eigenvalue weighted by atomic mass is 10.2. The highest BCUT2D eigenvalue weighted by molar-refractivity contribution is 8.01. The molecule has 0 atom stereocenters. The Balaban J connectivity index is 1.30. The first-order chi connectivity index (χ1) is 15.8. The summed E-state index contributed by atoms with van der Waals surface area (Å²) in [5, 5.41) is 13.4. The highest BCUT2D eigenvalue weighted by atomic mass is 32.2. The number of halogens is 3. The van der Waals surface area contributed by atoms with Crippen molar-refractivity contribution in [2.75, 3.05) is 27.8 Å². The number of carbonyl (C=O) groups excluding carboxylic acids is 2. The highest BCUT2D eigenvalue weighted by Crippen LogP contribution is 2.37. The number of nitrogens with zero attached hydrogens (tertiary/aromatic N) is 3. The van der Waals surface area contributed by atoms with Crippen LogP contribution in [0.5, 0.6) is 0 Å². The number of amides is 2. The number of hydrogen-bond acceptors (Lipinski definition) is 7. The molecule has 2 aromatic carbocycles. The molecule has 0 bridgehead atoms. The van der Waals surface area contributed by atoms with E-state index >= 15 is 0 Å². The van der Waals surface area contributed by atoms with Crippen molar-refractivity contribution in [1.82, 2.24) is 10.2 Å². The molecule has 1 aromatic heterocycles. The standard InChI is InChI=1S/C21H18F3N5O2S2/c22-21(23,24)15-4-1-2-5-16(15)26-19-27-28-20(33-19)32-12-17(30)25-13-7-9-14(10-8-13)29-11-3-6-18(29)31/h1-2,4-5,7-10H,3,6,11-12H2,(H,25,30)(H,26,27). The van der Waals surface area contributed by atoms with E-state index in [0.29, 0.717) is 23.0 Å². The second-order valence-corrected chi connectivity index (χ2v) is 9.27. The molecule has 0 aliphatic carbocycles.